The highest BCUT2D eigenvalue weighted by molar-refractivity contribution is 7.93. The van der Waals surface area contributed by atoms with Crippen molar-refractivity contribution in [1.82, 2.24) is 15.1 Å². The number of nitrogens with one attached hydrogen (secondary N) is 1. The van der Waals surface area contributed by atoms with Crippen LogP contribution in [0.2, 0.25) is 5.02 Å². The highest BCUT2D eigenvalue weighted by Crippen LogP contribution is 2.38. The summed E-state index contributed by atoms with van der Waals surface area (Å²) in [7, 11) is -3.30. The number of halogens is 4. The summed E-state index contributed by atoms with van der Waals surface area (Å²) in [5.41, 5.74) is 0.662. The average molecular weight is 564 g/mol. The molecule has 1 aromatic carbocycles. The van der Waals surface area contributed by atoms with Crippen LogP contribution in [0.5, 0.6) is 0 Å². The fraction of sp³-hybridized carbons (Fsp3) is 0.600. The van der Waals surface area contributed by atoms with Crippen LogP contribution in [-0.4, -0.2) is 81.2 Å². The lowest BCUT2D eigenvalue weighted by molar-refractivity contribution is -0.145. The highest BCUT2D eigenvalue weighted by atomic mass is 35.5. The van der Waals surface area contributed by atoms with Crippen molar-refractivity contribution in [2.75, 3.05) is 39.0 Å². The molecule has 0 unspecified atom stereocenters. The summed E-state index contributed by atoms with van der Waals surface area (Å²) in [5, 5.41) is 4.26. The van der Waals surface area contributed by atoms with Gasteiger partial charge in [0.2, 0.25) is 11.8 Å². The number of alkyl halides is 3. The second-order valence-corrected chi connectivity index (χ2v) is 12.3. The van der Waals surface area contributed by atoms with E-state index in [1.807, 2.05) is 0 Å². The van der Waals surface area contributed by atoms with E-state index in [0.29, 0.717) is 42.9 Å². The Morgan fingerprint density at radius 2 is 1.89 bits per heavy atom. The number of amides is 2. The lowest BCUT2D eigenvalue weighted by atomic mass is 9.88. The Morgan fingerprint density at radius 1 is 1.19 bits per heavy atom. The van der Waals surface area contributed by atoms with Gasteiger partial charge in [-0.1, -0.05) is 35.9 Å². The molecule has 3 rings (SSSR count). The molecule has 0 radical (unpaired) electrons. The number of likely N-dealkylation sites (tertiary alicyclic amines) is 2. The van der Waals surface area contributed by atoms with E-state index in [9.17, 15) is 31.2 Å². The van der Waals surface area contributed by atoms with Crippen LogP contribution < -0.4 is 5.32 Å². The Kier molecular flexibility index (Phi) is 9.68. The zero-order valence-corrected chi connectivity index (χ0v) is 22.5. The lowest BCUT2D eigenvalue weighted by Gasteiger charge is -2.27. The van der Waals surface area contributed by atoms with Gasteiger partial charge in [0.15, 0.2) is 9.84 Å². The molecule has 0 aliphatic carbocycles. The highest BCUT2D eigenvalue weighted by Gasteiger charge is 2.44. The van der Waals surface area contributed by atoms with Gasteiger partial charge in [-0.15, -0.1) is 0 Å². The minimum atomic E-state index is -4.38. The quantitative estimate of drug-likeness (QED) is 0.548. The maximum absolute atomic E-state index is 13.6. The molecule has 2 saturated heterocycles. The molecule has 0 aromatic heterocycles. The van der Waals surface area contributed by atoms with Crippen LogP contribution in [0.3, 0.4) is 0 Å². The lowest BCUT2D eigenvalue weighted by Crippen LogP contribution is -2.41. The number of benzene rings is 1. The van der Waals surface area contributed by atoms with Gasteiger partial charge < -0.3 is 10.2 Å². The SMILES string of the molecule is C[C@H](/C=C/S(C)(=O)=O)NC(=O)[C@H]1CCCN(C(=O)[C@H]2CN(CC(F)(F)F)C[C@H]2c2ccccc2Cl)CC1. The Labute approximate surface area is 220 Å². The number of carbonyl (C=O) groups excluding carboxylic acids is 2. The van der Waals surface area contributed by atoms with Crippen molar-refractivity contribution in [3.05, 3.63) is 46.3 Å². The molecule has 2 aliphatic rings. The fourth-order valence-corrected chi connectivity index (χ4v) is 5.87. The Bertz CT molecular complexity index is 1110. The predicted octanol–water partition coefficient (Wildman–Crippen LogP) is 3.61. The van der Waals surface area contributed by atoms with Crippen LogP contribution in [0.4, 0.5) is 13.2 Å². The minimum Gasteiger partial charge on any atom is -0.350 e. The topological polar surface area (TPSA) is 86.8 Å². The van der Waals surface area contributed by atoms with E-state index in [1.165, 1.54) is 11.0 Å². The molecule has 4 atom stereocenters. The molecule has 2 fully saturated rings. The molecule has 1 N–H and O–H groups in total. The molecule has 12 heteroatoms. The molecule has 1 aromatic rings. The molecular formula is C25H33ClF3N3O4S. The van der Waals surface area contributed by atoms with Crippen LogP contribution in [0, 0.1) is 11.8 Å². The van der Waals surface area contributed by atoms with E-state index in [0.717, 1.165) is 11.7 Å². The number of nitrogens with zero attached hydrogens (tertiary/aromatic N) is 2. The minimum absolute atomic E-state index is 0.0150. The number of carbonyl (C=O) groups is 2. The third-order valence-electron chi connectivity index (χ3n) is 6.82. The van der Waals surface area contributed by atoms with Crippen molar-refractivity contribution in [2.24, 2.45) is 11.8 Å². The largest absolute Gasteiger partial charge is 0.401 e. The molecule has 206 valence electrons. The zero-order valence-electron chi connectivity index (χ0n) is 20.9. The van der Waals surface area contributed by atoms with E-state index >= 15 is 0 Å². The van der Waals surface area contributed by atoms with Gasteiger partial charge in [0.05, 0.1) is 12.5 Å². The predicted molar refractivity (Wildman–Crippen MR) is 136 cm³/mol. The first-order valence-corrected chi connectivity index (χ1v) is 14.6. The number of hydrogen-bond donors (Lipinski definition) is 1. The van der Waals surface area contributed by atoms with Crippen LogP contribution in [0.1, 0.15) is 37.7 Å². The first-order valence-electron chi connectivity index (χ1n) is 12.2. The number of rotatable bonds is 7. The van der Waals surface area contributed by atoms with Crippen molar-refractivity contribution < 1.29 is 31.2 Å². The molecule has 2 aliphatic heterocycles. The third-order valence-corrected chi connectivity index (χ3v) is 7.81. The molecule has 0 spiro atoms. The van der Waals surface area contributed by atoms with Crippen molar-refractivity contribution >= 4 is 33.3 Å². The van der Waals surface area contributed by atoms with Gasteiger partial charge in [-0.3, -0.25) is 14.5 Å². The van der Waals surface area contributed by atoms with Crippen LogP contribution in [0.25, 0.3) is 0 Å². The standard InChI is InChI=1S/C25H33ClF3N3O4S/c1-17(10-13-37(2,35)36)30-23(33)18-6-5-11-32(12-9-18)24(34)21-15-31(16-25(27,28)29)14-20(21)19-7-3-4-8-22(19)26/h3-4,7-8,10,13,17-18,20-21H,5-6,9,11-12,14-16H2,1-2H3,(H,30,33)/b13-10+/t17-,18+,20+,21+/m1/s1. The summed E-state index contributed by atoms with van der Waals surface area (Å²) in [6.07, 6.45) is -0.362. The molecule has 7 nitrogen and oxygen atoms in total. The summed E-state index contributed by atoms with van der Waals surface area (Å²) >= 11 is 6.36. The van der Waals surface area contributed by atoms with Gasteiger partial charge in [0.1, 0.15) is 0 Å². The number of hydrogen-bond acceptors (Lipinski definition) is 5. The van der Waals surface area contributed by atoms with E-state index in [-0.39, 0.29) is 30.8 Å². The smallest absolute Gasteiger partial charge is 0.350 e. The van der Waals surface area contributed by atoms with E-state index < -0.39 is 40.4 Å². The van der Waals surface area contributed by atoms with Crippen molar-refractivity contribution in [2.45, 2.75) is 44.3 Å². The summed E-state index contributed by atoms with van der Waals surface area (Å²) in [6.45, 7) is 1.38. The fourth-order valence-electron chi connectivity index (χ4n) is 5.07. The average Bonchev–Trinajstić information content (AvgIpc) is 3.02. The van der Waals surface area contributed by atoms with Gasteiger partial charge in [0, 0.05) is 60.7 Å². The molecule has 37 heavy (non-hydrogen) atoms. The molecule has 0 saturated carbocycles. The van der Waals surface area contributed by atoms with Gasteiger partial charge in [-0.2, -0.15) is 13.2 Å². The van der Waals surface area contributed by atoms with Crippen molar-refractivity contribution in [3.8, 4) is 0 Å². The van der Waals surface area contributed by atoms with Crippen LogP contribution in [0.15, 0.2) is 35.7 Å². The van der Waals surface area contributed by atoms with Gasteiger partial charge in [-0.05, 0) is 37.8 Å². The third kappa shape index (κ3) is 8.71. The summed E-state index contributed by atoms with van der Waals surface area (Å²) in [4.78, 5) is 29.3. The normalized spacial score (nSPS) is 24.7. The van der Waals surface area contributed by atoms with E-state index in [1.54, 1.807) is 36.1 Å². The van der Waals surface area contributed by atoms with E-state index in [2.05, 4.69) is 5.32 Å². The van der Waals surface area contributed by atoms with Gasteiger partial charge in [-0.25, -0.2) is 8.42 Å². The summed E-state index contributed by atoms with van der Waals surface area (Å²) in [6, 6.07) is 6.45. The van der Waals surface area contributed by atoms with Gasteiger partial charge in [0.25, 0.3) is 0 Å². The first kappa shape index (κ1) is 29.4. The zero-order chi connectivity index (χ0) is 27.4. The van der Waals surface area contributed by atoms with Crippen LogP contribution in [-0.2, 0) is 19.4 Å². The maximum atomic E-state index is 13.6. The second kappa shape index (κ2) is 12.2. The Morgan fingerprint density at radius 3 is 2.54 bits per heavy atom. The molecular weight excluding hydrogens is 531 g/mol. The monoisotopic (exact) mass is 563 g/mol. The van der Waals surface area contributed by atoms with Crippen LogP contribution >= 0.6 is 11.6 Å². The molecule has 2 amide bonds. The van der Waals surface area contributed by atoms with Gasteiger partial charge >= 0.3 is 6.18 Å². The summed E-state index contributed by atoms with van der Waals surface area (Å²) < 4.78 is 62.0. The van der Waals surface area contributed by atoms with Crippen molar-refractivity contribution in [3.63, 3.8) is 0 Å². The Balaban J connectivity index is 1.68. The maximum Gasteiger partial charge on any atom is 0.401 e. The Hall–Kier alpha value is -2.11. The van der Waals surface area contributed by atoms with E-state index in [4.69, 9.17) is 11.6 Å². The second-order valence-electron chi connectivity index (χ2n) is 9.95. The molecule has 2 heterocycles. The first-order chi connectivity index (χ1) is 17.2. The molecule has 0 bridgehead atoms. The number of sulfone groups is 1. The van der Waals surface area contributed by atoms with Crippen molar-refractivity contribution in [1.29, 1.82) is 0 Å². The summed E-state index contributed by atoms with van der Waals surface area (Å²) in [5.74, 6) is -1.93.